The Labute approximate surface area is 90.6 Å². The van der Waals surface area contributed by atoms with E-state index < -0.39 is 22.2 Å². The van der Waals surface area contributed by atoms with E-state index in [2.05, 4.69) is 14.2 Å². The zero-order chi connectivity index (χ0) is 12.1. The third-order valence-electron chi connectivity index (χ3n) is 1.76. The van der Waals surface area contributed by atoms with Gasteiger partial charge >= 0.3 is 5.97 Å². The molecule has 1 unspecified atom stereocenters. The maximum Gasteiger partial charge on any atom is 0.323 e. The fourth-order valence-corrected chi connectivity index (χ4v) is 1.74. The molecular weight excluding hydrogens is 220 g/mol. The molecule has 0 aromatic heterocycles. The van der Waals surface area contributed by atoms with Gasteiger partial charge in [0.2, 0.25) is 0 Å². The van der Waals surface area contributed by atoms with Crippen LogP contribution in [0.25, 0.3) is 0 Å². The molecule has 0 aromatic carbocycles. The highest BCUT2D eigenvalue weighted by molar-refractivity contribution is 7.87. The molecule has 90 valence electrons. The van der Waals surface area contributed by atoms with Crippen LogP contribution in [0.15, 0.2) is 0 Å². The van der Waals surface area contributed by atoms with Gasteiger partial charge in [0.1, 0.15) is 6.04 Å². The second-order valence-electron chi connectivity index (χ2n) is 3.53. The van der Waals surface area contributed by atoms with Crippen LogP contribution < -0.4 is 9.44 Å². The van der Waals surface area contributed by atoms with Gasteiger partial charge in [0.15, 0.2) is 0 Å². The van der Waals surface area contributed by atoms with Gasteiger partial charge in [-0.05, 0) is 12.3 Å². The Morgan fingerprint density at radius 2 is 1.93 bits per heavy atom. The lowest BCUT2D eigenvalue weighted by Gasteiger charge is -2.17. The van der Waals surface area contributed by atoms with Gasteiger partial charge in [-0.3, -0.25) is 4.79 Å². The number of nitrogens with one attached hydrogen (secondary N) is 2. The van der Waals surface area contributed by atoms with Gasteiger partial charge in [0.25, 0.3) is 10.2 Å². The van der Waals surface area contributed by atoms with Crippen molar-refractivity contribution in [2.45, 2.75) is 26.3 Å². The number of methoxy groups -OCH3 is 1. The molecule has 15 heavy (non-hydrogen) atoms. The molecule has 0 spiro atoms. The number of ether oxygens (including phenoxy) is 1. The topological polar surface area (TPSA) is 84.5 Å². The summed E-state index contributed by atoms with van der Waals surface area (Å²) in [5.74, 6) is -0.392. The molecule has 6 nitrogen and oxygen atoms in total. The summed E-state index contributed by atoms with van der Waals surface area (Å²) in [6.07, 6.45) is 0.396. The van der Waals surface area contributed by atoms with Crippen LogP contribution in [0, 0.1) is 5.92 Å². The maximum absolute atomic E-state index is 11.3. The summed E-state index contributed by atoms with van der Waals surface area (Å²) in [6.45, 7) is 3.78. The molecule has 0 radical (unpaired) electrons. The third kappa shape index (κ3) is 5.71. The van der Waals surface area contributed by atoms with Gasteiger partial charge < -0.3 is 4.74 Å². The Hall–Kier alpha value is -0.660. The first-order chi connectivity index (χ1) is 6.82. The highest BCUT2D eigenvalue weighted by Crippen LogP contribution is 2.06. The number of hydrogen-bond acceptors (Lipinski definition) is 4. The molecule has 0 saturated carbocycles. The zero-order valence-electron chi connectivity index (χ0n) is 9.40. The first-order valence-corrected chi connectivity index (χ1v) is 6.09. The minimum atomic E-state index is -3.62. The minimum Gasteiger partial charge on any atom is -0.468 e. The van der Waals surface area contributed by atoms with Crippen LogP contribution in [0.2, 0.25) is 0 Å². The minimum absolute atomic E-state index is 0.189. The lowest BCUT2D eigenvalue weighted by Crippen LogP contribution is -2.46. The number of carbonyl (C=O) groups is 1. The van der Waals surface area contributed by atoms with Gasteiger partial charge in [-0.1, -0.05) is 13.8 Å². The highest BCUT2D eigenvalue weighted by atomic mass is 32.2. The molecule has 0 saturated heterocycles. The Balaban J connectivity index is 4.58. The fraction of sp³-hybridized carbons (Fsp3) is 0.875. The molecule has 0 aromatic rings. The molecule has 0 aliphatic rings. The zero-order valence-corrected chi connectivity index (χ0v) is 10.2. The largest absolute Gasteiger partial charge is 0.468 e. The average Bonchev–Trinajstić information content (AvgIpc) is 2.14. The van der Waals surface area contributed by atoms with E-state index in [4.69, 9.17) is 0 Å². The van der Waals surface area contributed by atoms with Crippen LogP contribution in [-0.2, 0) is 19.7 Å². The van der Waals surface area contributed by atoms with E-state index in [0.717, 1.165) is 0 Å². The summed E-state index contributed by atoms with van der Waals surface area (Å²) in [5, 5.41) is 0. The molecule has 0 fully saturated rings. The number of carbonyl (C=O) groups excluding carboxylic acids is 1. The van der Waals surface area contributed by atoms with Crippen LogP contribution in [0.1, 0.15) is 20.3 Å². The fourth-order valence-electron chi connectivity index (χ4n) is 1.05. The van der Waals surface area contributed by atoms with E-state index in [1.807, 2.05) is 13.8 Å². The SMILES string of the molecule is CNS(=O)(=O)NC(CC(C)C)C(=O)OC. The lowest BCUT2D eigenvalue weighted by atomic mass is 10.1. The van der Waals surface area contributed by atoms with E-state index in [-0.39, 0.29) is 5.92 Å². The van der Waals surface area contributed by atoms with Crippen molar-refractivity contribution in [1.82, 2.24) is 9.44 Å². The van der Waals surface area contributed by atoms with Crippen molar-refractivity contribution in [3.63, 3.8) is 0 Å². The van der Waals surface area contributed by atoms with Crippen molar-refractivity contribution >= 4 is 16.2 Å². The van der Waals surface area contributed by atoms with Crippen molar-refractivity contribution in [2.75, 3.05) is 14.2 Å². The molecular formula is C8H18N2O4S. The molecule has 2 N–H and O–H groups in total. The molecule has 0 bridgehead atoms. The van der Waals surface area contributed by atoms with Crippen molar-refractivity contribution in [2.24, 2.45) is 5.92 Å². The normalized spacial score (nSPS) is 13.9. The predicted octanol–water partition coefficient (Wildman–Crippen LogP) is -0.372. The predicted molar refractivity (Wildman–Crippen MR) is 56.4 cm³/mol. The summed E-state index contributed by atoms with van der Waals surface area (Å²) in [5.41, 5.74) is 0. The Kier molecular flexibility index (Phi) is 5.77. The summed E-state index contributed by atoms with van der Waals surface area (Å²) in [6, 6.07) is -0.840. The van der Waals surface area contributed by atoms with Crippen LogP contribution in [0.4, 0.5) is 0 Å². The lowest BCUT2D eigenvalue weighted by molar-refractivity contribution is -0.143. The molecule has 7 heteroatoms. The van der Waals surface area contributed by atoms with Crippen LogP contribution in [0.5, 0.6) is 0 Å². The quantitative estimate of drug-likeness (QED) is 0.618. The van der Waals surface area contributed by atoms with Crippen molar-refractivity contribution < 1.29 is 17.9 Å². The Morgan fingerprint density at radius 1 is 1.40 bits per heavy atom. The van der Waals surface area contributed by atoms with Gasteiger partial charge in [-0.2, -0.15) is 13.1 Å². The summed E-state index contributed by atoms with van der Waals surface area (Å²) >= 11 is 0. The summed E-state index contributed by atoms with van der Waals surface area (Å²) < 4.78 is 31.2. The van der Waals surface area contributed by atoms with E-state index >= 15 is 0 Å². The third-order valence-corrected chi connectivity index (χ3v) is 2.89. The second-order valence-corrected chi connectivity index (χ2v) is 5.18. The first-order valence-electron chi connectivity index (χ1n) is 4.61. The molecule has 0 aliphatic heterocycles. The van der Waals surface area contributed by atoms with E-state index in [9.17, 15) is 13.2 Å². The highest BCUT2D eigenvalue weighted by Gasteiger charge is 2.24. The summed E-state index contributed by atoms with van der Waals surface area (Å²) in [4.78, 5) is 11.3. The number of rotatable bonds is 6. The second kappa shape index (κ2) is 6.04. The Bertz CT molecular complexity index is 300. The Morgan fingerprint density at radius 3 is 2.27 bits per heavy atom. The van der Waals surface area contributed by atoms with Crippen molar-refractivity contribution in [1.29, 1.82) is 0 Å². The van der Waals surface area contributed by atoms with Gasteiger partial charge in [0, 0.05) is 7.05 Å². The molecule has 0 rings (SSSR count). The van der Waals surface area contributed by atoms with Gasteiger partial charge in [0.05, 0.1) is 7.11 Å². The molecule has 0 aliphatic carbocycles. The van der Waals surface area contributed by atoms with E-state index in [1.54, 1.807) is 0 Å². The molecule has 0 amide bonds. The monoisotopic (exact) mass is 238 g/mol. The standard InChI is InChI=1S/C8H18N2O4S/c1-6(2)5-7(8(11)14-4)10-15(12,13)9-3/h6-7,9-10H,5H2,1-4H3. The van der Waals surface area contributed by atoms with Crippen molar-refractivity contribution in [3.8, 4) is 0 Å². The van der Waals surface area contributed by atoms with E-state index in [1.165, 1.54) is 14.2 Å². The summed E-state index contributed by atoms with van der Waals surface area (Å²) in [7, 11) is -1.12. The van der Waals surface area contributed by atoms with Crippen molar-refractivity contribution in [3.05, 3.63) is 0 Å². The molecule has 1 atom stereocenters. The smallest absolute Gasteiger partial charge is 0.323 e. The van der Waals surface area contributed by atoms with Crippen LogP contribution >= 0.6 is 0 Å². The first kappa shape index (κ1) is 14.3. The maximum atomic E-state index is 11.3. The average molecular weight is 238 g/mol. The van der Waals surface area contributed by atoms with Gasteiger partial charge in [-0.15, -0.1) is 0 Å². The number of hydrogen-bond donors (Lipinski definition) is 2. The number of esters is 1. The van der Waals surface area contributed by atoms with E-state index in [0.29, 0.717) is 6.42 Å². The van der Waals surface area contributed by atoms with Crippen LogP contribution in [0.3, 0.4) is 0 Å². The van der Waals surface area contributed by atoms with Gasteiger partial charge in [-0.25, -0.2) is 4.72 Å². The van der Waals surface area contributed by atoms with Crippen LogP contribution in [-0.4, -0.2) is 34.6 Å². The molecule has 0 heterocycles.